The van der Waals surface area contributed by atoms with Gasteiger partial charge in [0, 0.05) is 0 Å². The van der Waals surface area contributed by atoms with Crippen molar-refractivity contribution in [3.63, 3.8) is 0 Å². The highest BCUT2D eigenvalue weighted by Gasteiger charge is 2.54. The summed E-state index contributed by atoms with van der Waals surface area (Å²) in [6, 6.07) is 5.26. The first-order valence-corrected chi connectivity index (χ1v) is 11.9. The number of benzene rings is 1. The third-order valence-corrected chi connectivity index (χ3v) is 5.23. The summed E-state index contributed by atoms with van der Waals surface area (Å²) < 4.78 is 57.4. The highest BCUT2D eigenvalue weighted by atomic mass is 19.4. The lowest BCUT2D eigenvalue weighted by Gasteiger charge is -2.37. The van der Waals surface area contributed by atoms with E-state index in [0.717, 1.165) is 0 Å². The number of hydrogen-bond acceptors (Lipinski definition) is 7. The molecule has 1 aromatic rings. The zero-order chi connectivity index (χ0) is 29.1. The summed E-state index contributed by atoms with van der Waals surface area (Å²) in [5.74, 6) is -3.94. The molecule has 1 saturated heterocycles. The average Bonchev–Trinajstić information content (AvgIpc) is 3.10. The van der Waals surface area contributed by atoms with Crippen molar-refractivity contribution in [2.24, 2.45) is 5.92 Å². The lowest BCUT2D eigenvalue weighted by molar-refractivity contribution is -0.193. The number of carbonyl (C=O) groups is 4. The smallest absolute Gasteiger partial charge is 0.430 e. The quantitative estimate of drug-likeness (QED) is 0.417. The fraction of sp³-hybridized carbons (Fsp3) is 0.600. The molecule has 10 nitrogen and oxygen atoms in total. The van der Waals surface area contributed by atoms with Crippen LogP contribution >= 0.6 is 0 Å². The van der Waals surface area contributed by atoms with Crippen LogP contribution in [0.4, 0.5) is 27.6 Å². The fourth-order valence-corrected chi connectivity index (χ4v) is 3.58. The molecule has 0 aliphatic carbocycles. The number of alkyl halides is 3. The largest absolute Gasteiger partial charge is 0.447 e. The molecule has 3 atom stereocenters. The Morgan fingerprint density at radius 2 is 1.61 bits per heavy atom. The van der Waals surface area contributed by atoms with Gasteiger partial charge >= 0.3 is 24.5 Å². The number of amides is 4. The van der Waals surface area contributed by atoms with Crippen molar-refractivity contribution in [3.8, 4) is 0 Å². The second kappa shape index (κ2) is 11.5. The Balaban J connectivity index is 2.54. The summed E-state index contributed by atoms with van der Waals surface area (Å²) in [6.45, 7) is 9.25. The Labute approximate surface area is 219 Å². The van der Waals surface area contributed by atoms with Crippen LogP contribution in [0.3, 0.4) is 0 Å². The minimum atomic E-state index is -5.02. The molecular formula is C25H34F3N3O7. The van der Waals surface area contributed by atoms with E-state index in [4.69, 9.17) is 14.2 Å². The number of carbonyl (C=O) groups excluding carboxylic acids is 4. The van der Waals surface area contributed by atoms with Gasteiger partial charge in [0.15, 0.2) is 0 Å². The minimum absolute atomic E-state index is 0.0946. The Morgan fingerprint density at radius 1 is 1.05 bits per heavy atom. The van der Waals surface area contributed by atoms with Crippen molar-refractivity contribution >= 4 is 24.2 Å². The van der Waals surface area contributed by atoms with E-state index in [1.807, 2.05) is 5.43 Å². The molecule has 2 rings (SSSR count). The van der Waals surface area contributed by atoms with Crippen LogP contribution in [0.25, 0.3) is 0 Å². The van der Waals surface area contributed by atoms with E-state index < -0.39 is 59.6 Å². The van der Waals surface area contributed by atoms with Crippen LogP contribution < -0.4 is 5.43 Å². The van der Waals surface area contributed by atoms with Crippen LogP contribution in [-0.4, -0.2) is 70.2 Å². The summed E-state index contributed by atoms with van der Waals surface area (Å²) in [5, 5.41) is 0.130. The lowest BCUT2D eigenvalue weighted by Crippen LogP contribution is -2.64. The second-order valence-electron chi connectivity index (χ2n) is 10.9. The molecule has 1 fully saturated rings. The SMILES string of the molecule is C[C@@H]([C@@H](C(=O)N1C(=O)OC[C@@H]1Cc1ccccc1)N(NC(=O)OC(C)(C)C)C(=O)OC(C)(C)C)C(F)(F)F. The van der Waals surface area contributed by atoms with Crippen molar-refractivity contribution in [1.29, 1.82) is 0 Å². The van der Waals surface area contributed by atoms with Crippen molar-refractivity contribution in [2.75, 3.05) is 6.61 Å². The Morgan fingerprint density at radius 3 is 2.11 bits per heavy atom. The third kappa shape index (κ3) is 8.52. The van der Waals surface area contributed by atoms with Gasteiger partial charge in [-0.05, 0) is 53.5 Å². The Bertz CT molecular complexity index is 1020. The number of halogens is 3. The monoisotopic (exact) mass is 545 g/mol. The summed E-state index contributed by atoms with van der Waals surface area (Å²) in [6.07, 6.45) is -8.85. The van der Waals surface area contributed by atoms with Gasteiger partial charge in [-0.3, -0.25) is 4.79 Å². The molecule has 0 spiro atoms. The zero-order valence-corrected chi connectivity index (χ0v) is 22.4. The van der Waals surface area contributed by atoms with Crippen LogP contribution in [-0.2, 0) is 25.4 Å². The van der Waals surface area contributed by atoms with Gasteiger partial charge in [-0.1, -0.05) is 37.3 Å². The molecule has 38 heavy (non-hydrogen) atoms. The number of cyclic esters (lactones) is 1. The fourth-order valence-electron chi connectivity index (χ4n) is 3.58. The van der Waals surface area contributed by atoms with Crippen LogP contribution in [0.2, 0.25) is 0 Å². The number of ether oxygens (including phenoxy) is 3. The molecular weight excluding hydrogens is 511 g/mol. The molecule has 0 saturated carbocycles. The number of hydrogen-bond donors (Lipinski definition) is 1. The van der Waals surface area contributed by atoms with E-state index in [9.17, 15) is 32.3 Å². The van der Waals surface area contributed by atoms with Gasteiger partial charge in [0.1, 0.15) is 23.9 Å². The zero-order valence-electron chi connectivity index (χ0n) is 22.4. The molecule has 1 heterocycles. The number of hydrazine groups is 1. The first-order chi connectivity index (χ1) is 17.3. The van der Waals surface area contributed by atoms with E-state index in [1.54, 1.807) is 30.3 Å². The van der Waals surface area contributed by atoms with E-state index in [-0.39, 0.29) is 18.0 Å². The third-order valence-electron chi connectivity index (χ3n) is 5.23. The Kier molecular flexibility index (Phi) is 9.28. The first kappa shape index (κ1) is 30.7. The summed E-state index contributed by atoms with van der Waals surface area (Å²) >= 11 is 0. The van der Waals surface area contributed by atoms with Gasteiger partial charge in [0.2, 0.25) is 0 Å². The van der Waals surface area contributed by atoms with E-state index in [2.05, 4.69) is 0 Å². The number of nitrogens with one attached hydrogen (secondary N) is 1. The molecule has 1 aromatic carbocycles. The van der Waals surface area contributed by atoms with Gasteiger partial charge in [0.05, 0.1) is 12.0 Å². The number of nitrogens with zero attached hydrogens (tertiary/aromatic N) is 2. The van der Waals surface area contributed by atoms with Crippen LogP contribution in [0.15, 0.2) is 30.3 Å². The van der Waals surface area contributed by atoms with Crippen molar-refractivity contribution in [1.82, 2.24) is 15.3 Å². The van der Waals surface area contributed by atoms with Gasteiger partial charge in [-0.25, -0.2) is 29.7 Å². The summed E-state index contributed by atoms with van der Waals surface area (Å²) in [4.78, 5) is 52.5. The summed E-state index contributed by atoms with van der Waals surface area (Å²) in [5.41, 5.74) is 0.339. The minimum Gasteiger partial charge on any atom is -0.447 e. The van der Waals surface area contributed by atoms with Gasteiger partial charge < -0.3 is 14.2 Å². The Hall–Kier alpha value is -3.51. The highest BCUT2D eigenvalue weighted by Crippen LogP contribution is 2.33. The standard InChI is InChI=1S/C25H34F3N3O7/c1-15(25(26,27)28)18(31(22(35)38-24(5,6)7)29-20(33)37-23(2,3)4)19(32)30-17(14-36-21(30)34)13-16-11-9-8-10-12-16/h8-12,15,17-18H,13-14H2,1-7H3,(H,29,33)/t15-,17-,18-/m0/s1. The number of rotatable bonds is 5. The average molecular weight is 546 g/mol. The van der Waals surface area contributed by atoms with Crippen molar-refractivity contribution < 1.29 is 46.6 Å². The van der Waals surface area contributed by atoms with Crippen LogP contribution in [0, 0.1) is 5.92 Å². The molecule has 1 N–H and O–H groups in total. The molecule has 0 unspecified atom stereocenters. The maximum absolute atomic E-state index is 14.0. The molecule has 0 radical (unpaired) electrons. The molecule has 13 heteroatoms. The molecule has 0 bridgehead atoms. The lowest BCUT2D eigenvalue weighted by atomic mass is 9.98. The second-order valence-corrected chi connectivity index (χ2v) is 10.9. The van der Waals surface area contributed by atoms with Crippen LogP contribution in [0.1, 0.15) is 54.0 Å². The topological polar surface area (TPSA) is 114 Å². The maximum atomic E-state index is 14.0. The molecule has 4 amide bonds. The highest BCUT2D eigenvalue weighted by molar-refractivity contribution is 5.98. The normalized spacial score (nSPS) is 17.8. The predicted octanol–water partition coefficient (Wildman–Crippen LogP) is 4.82. The first-order valence-electron chi connectivity index (χ1n) is 11.9. The molecule has 1 aliphatic heterocycles. The molecule has 1 aliphatic rings. The van der Waals surface area contributed by atoms with E-state index in [0.29, 0.717) is 17.4 Å². The van der Waals surface area contributed by atoms with Crippen LogP contribution in [0.5, 0.6) is 0 Å². The van der Waals surface area contributed by atoms with E-state index >= 15 is 0 Å². The predicted molar refractivity (Wildman–Crippen MR) is 129 cm³/mol. The van der Waals surface area contributed by atoms with Gasteiger partial charge in [-0.2, -0.15) is 13.2 Å². The molecule has 212 valence electrons. The van der Waals surface area contributed by atoms with E-state index in [1.165, 1.54) is 41.5 Å². The molecule has 0 aromatic heterocycles. The van der Waals surface area contributed by atoms with Crippen molar-refractivity contribution in [3.05, 3.63) is 35.9 Å². The number of imide groups is 1. The van der Waals surface area contributed by atoms with Gasteiger partial charge in [0.25, 0.3) is 5.91 Å². The van der Waals surface area contributed by atoms with Gasteiger partial charge in [-0.15, -0.1) is 0 Å². The maximum Gasteiger partial charge on any atom is 0.430 e. The van der Waals surface area contributed by atoms with Crippen molar-refractivity contribution in [2.45, 2.75) is 84.3 Å². The summed E-state index contributed by atoms with van der Waals surface area (Å²) in [7, 11) is 0.